The van der Waals surface area contributed by atoms with Gasteiger partial charge in [0.1, 0.15) is 5.75 Å². The third-order valence-electron chi connectivity index (χ3n) is 4.79. The number of carbonyl (C=O) groups excluding carboxylic acids is 1. The van der Waals surface area contributed by atoms with Crippen LogP contribution in [0.3, 0.4) is 0 Å². The Balaban J connectivity index is 1.77. The molecule has 0 aliphatic carbocycles. The molecular formula is C23H29Cl2NO4S. The Labute approximate surface area is 195 Å². The molecule has 0 bridgehead atoms. The number of rotatable bonds is 13. The van der Waals surface area contributed by atoms with Crippen LogP contribution >= 0.6 is 23.2 Å². The maximum absolute atomic E-state index is 12.3. The fraction of sp³-hybridized carbons (Fsp3) is 0.435. The molecule has 2 aromatic rings. The molecule has 0 fully saturated rings. The number of sulfonamides is 1. The van der Waals surface area contributed by atoms with Gasteiger partial charge in [0, 0.05) is 22.0 Å². The lowest BCUT2D eigenvalue weighted by Gasteiger charge is -2.09. The first-order valence-corrected chi connectivity index (χ1v) is 12.9. The fourth-order valence-electron chi connectivity index (χ4n) is 3.03. The molecule has 1 amide bonds. The van der Waals surface area contributed by atoms with Crippen molar-refractivity contribution < 1.29 is 17.9 Å². The number of ether oxygens (including phenoxy) is 1. The van der Waals surface area contributed by atoms with Gasteiger partial charge in [-0.25, -0.2) is 13.1 Å². The van der Waals surface area contributed by atoms with Gasteiger partial charge >= 0.3 is 0 Å². The average molecular weight is 486 g/mol. The van der Waals surface area contributed by atoms with E-state index in [2.05, 4.69) is 11.6 Å². The zero-order valence-corrected chi connectivity index (χ0v) is 20.0. The van der Waals surface area contributed by atoms with Gasteiger partial charge in [0.2, 0.25) is 10.0 Å². The van der Waals surface area contributed by atoms with E-state index in [0.29, 0.717) is 35.2 Å². The van der Waals surface area contributed by atoms with E-state index in [1.165, 1.54) is 0 Å². The van der Waals surface area contributed by atoms with Crippen LogP contribution < -0.4 is 9.46 Å². The highest BCUT2D eigenvalue weighted by Gasteiger charge is 2.16. The molecule has 0 spiro atoms. The molecule has 0 unspecified atom stereocenters. The van der Waals surface area contributed by atoms with Crippen molar-refractivity contribution >= 4 is 39.1 Å². The number of unbranched alkanes of at least 4 members (excludes halogenated alkanes) is 5. The number of benzene rings is 2. The molecule has 0 heterocycles. The second-order valence-electron chi connectivity index (χ2n) is 7.38. The number of hydrogen-bond acceptors (Lipinski definition) is 4. The highest BCUT2D eigenvalue weighted by Crippen LogP contribution is 2.22. The molecule has 0 saturated heterocycles. The number of nitrogens with one attached hydrogen (secondary N) is 1. The van der Waals surface area contributed by atoms with Crippen LogP contribution in [0.15, 0.2) is 42.5 Å². The van der Waals surface area contributed by atoms with Crippen LogP contribution in [-0.4, -0.2) is 26.7 Å². The summed E-state index contributed by atoms with van der Waals surface area (Å²) in [5.41, 5.74) is 1.19. The lowest BCUT2D eigenvalue weighted by Crippen LogP contribution is -2.32. The van der Waals surface area contributed by atoms with E-state index in [9.17, 15) is 13.2 Å². The van der Waals surface area contributed by atoms with Crippen molar-refractivity contribution in [2.45, 2.75) is 51.9 Å². The lowest BCUT2D eigenvalue weighted by atomic mass is 10.1. The summed E-state index contributed by atoms with van der Waals surface area (Å²) in [6.45, 7) is 2.54. The second kappa shape index (κ2) is 12.9. The van der Waals surface area contributed by atoms with Crippen LogP contribution in [0.4, 0.5) is 0 Å². The van der Waals surface area contributed by atoms with Crippen LogP contribution in [0.25, 0.3) is 0 Å². The largest absolute Gasteiger partial charge is 0.493 e. The SMILES string of the molecule is CCCCCCCCS(=O)(=O)NC(=O)c1ccc(OCCc2ccc(Cl)cc2Cl)cc1. The van der Waals surface area contributed by atoms with Gasteiger partial charge in [-0.1, -0.05) is 68.3 Å². The van der Waals surface area contributed by atoms with E-state index in [1.54, 1.807) is 36.4 Å². The number of amides is 1. The highest BCUT2D eigenvalue weighted by molar-refractivity contribution is 7.90. The van der Waals surface area contributed by atoms with Gasteiger partial charge in [0.25, 0.3) is 5.91 Å². The molecule has 0 aromatic heterocycles. The monoisotopic (exact) mass is 485 g/mol. The van der Waals surface area contributed by atoms with E-state index in [1.807, 2.05) is 6.07 Å². The highest BCUT2D eigenvalue weighted by atomic mass is 35.5. The second-order valence-corrected chi connectivity index (χ2v) is 10.1. The normalized spacial score (nSPS) is 11.3. The van der Waals surface area contributed by atoms with E-state index in [4.69, 9.17) is 27.9 Å². The van der Waals surface area contributed by atoms with Gasteiger partial charge in [-0.2, -0.15) is 0 Å². The summed E-state index contributed by atoms with van der Waals surface area (Å²) in [5, 5.41) is 1.17. The first-order valence-electron chi connectivity index (χ1n) is 10.5. The standard InChI is InChI=1S/C23H29Cl2NO4S/c1-2-3-4-5-6-7-16-31(28,29)26-23(27)19-9-12-21(13-10-19)30-15-14-18-8-11-20(24)17-22(18)25/h8-13,17H,2-7,14-16H2,1H3,(H,26,27). The molecule has 5 nitrogen and oxygen atoms in total. The van der Waals surface area contributed by atoms with Gasteiger partial charge in [-0.05, 0) is 48.4 Å². The van der Waals surface area contributed by atoms with Crippen molar-refractivity contribution in [2.75, 3.05) is 12.4 Å². The predicted molar refractivity (Wildman–Crippen MR) is 127 cm³/mol. The third-order valence-corrected chi connectivity index (χ3v) is 6.70. The van der Waals surface area contributed by atoms with Crippen LogP contribution in [0.2, 0.25) is 10.0 Å². The van der Waals surface area contributed by atoms with Gasteiger partial charge in [0.15, 0.2) is 0 Å². The quantitative estimate of drug-likeness (QED) is 0.351. The maximum Gasteiger partial charge on any atom is 0.264 e. The molecule has 31 heavy (non-hydrogen) atoms. The third kappa shape index (κ3) is 9.50. The molecule has 0 aliphatic heterocycles. The zero-order valence-electron chi connectivity index (χ0n) is 17.7. The fourth-order valence-corrected chi connectivity index (χ4v) is 4.62. The van der Waals surface area contributed by atoms with Gasteiger partial charge in [-0.15, -0.1) is 0 Å². The minimum absolute atomic E-state index is 0.0423. The van der Waals surface area contributed by atoms with Gasteiger partial charge in [-0.3, -0.25) is 4.79 Å². The van der Waals surface area contributed by atoms with Crippen molar-refractivity contribution in [2.24, 2.45) is 0 Å². The Morgan fingerprint density at radius 1 is 0.968 bits per heavy atom. The molecule has 8 heteroatoms. The molecular weight excluding hydrogens is 457 g/mol. The Kier molecular flexibility index (Phi) is 10.6. The molecule has 2 aromatic carbocycles. The summed E-state index contributed by atoms with van der Waals surface area (Å²) in [6.07, 6.45) is 6.45. The van der Waals surface area contributed by atoms with Crippen molar-refractivity contribution in [3.05, 3.63) is 63.6 Å². The minimum atomic E-state index is -3.64. The van der Waals surface area contributed by atoms with Crippen molar-refractivity contribution in [3.8, 4) is 5.75 Å². The summed E-state index contributed by atoms with van der Waals surface area (Å²) >= 11 is 12.0. The summed E-state index contributed by atoms with van der Waals surface area (Å²) in [4.78, 5) is 12.3. The summed E-state index contributed by atoms with van der Waals surface area (Å²) in [7, 11) is -3.64. The maximum atomic E-state index is 12.3. The van der Waals surface area contributed by atoms with Crippen molar-refractivity contribution in [1.82, 2.24) is 4.72 Å². The molecule has 1 N–H and O–H groups in total. The summed E-state index contributed by atoms with van der Waals surface area (Å²) < 4.78 is 32.1. The van der Waals surface area contributed by atoms with E-state index in [-0.39, 0.29) is 11.3 Å². The van der Waals surface area contributed by atoms with Crippen molar-refractivity contribution in [1.29, 1.82) is 0 Å². The molecule has 0 radical (unpaired) electrons. The minimum Gasteiger partial charge on any atom is -0.493 e. The Hall–Kier alpha value is -1.76. The first kappa shape index (κ1) is 25.5. The molecule has 2 rings (SSSR count). The first-order chi connectivity index (χ1) is 14.8. The van der Waals surface area contributed by atoms with Gasteiger partial charge in [0.05, 0.1) is 12.4 Å². The summed E-state index contributed by atoms with van der Waals surface area (Å²) in [5.74, 6) is -0.0960. The van der Waals surface area contributed by atoms with Crippen LogP contribution in [0.5, 0.6) is 5.75 Å². The molecule has 0 aliphatic rings. The lowest BCUT2D eigenvalue weighted by molar-refractivity contribution is 0.0981. The molecule has 0 saturated carbocycles. The Morgan fingerprint density at radius 3 is 2.32 bits per heavy atom. The van der Waals surface area contributed by atoms with Crippen LogP contribution in [0, 0.1) is 0 Å². The number of hydrogen-bond donors (Lipinski definition) is 1. The Morgan fingerprint density at radius 2 is 1.65 bits per heavy atom. The van der Waals surface area contributed by atoms with Crippen LogP contribution in [0.1, 0.15) is 61.4 Å². The topological polar surface area (TPSA) is 72.5 Å². The van der Waals surface area contributed by atoms with Crippen molar-refractivity contribution in [3.63, 3.8) is 0 Å². The van der Waals surface area contributed by atoms with E-state index < -0.39 is 15.9 Å². The summed E-state index contributed by atoms with van der Waals surface area (Å²) in [6, 6.07) is 11.7. The van der Waals surface area contributed by atoms with E-state index in [0.717, 1.165) is 37.7 Å². The number of halogens is 2. The Bertz CT molecular complexity index is 947. The van der Waals surface area contributed by atoms with Gasteiger partial charge < -0.3 is 4.74 Å². The molecule has 170 valence electrons. The van der Waals surface area contributed by atoms with Crippen LogP contribution in [-0.2, 0) is 16.4 Å². The molecule has 0 atom stereocenters. The smallest absolute Gasteiger partial charge is 0.264 e. The number of carbonyl (C=O) groups is 1. The zero-order chi connectivity index (χ0) is 22.7. The van der Waals surface area contributed by atoms with E-state index >= 15 is 0 Å². The average Bonchev–Trinajstić information content (AvgIpc) is 2.72. The predicted octanol–water partition coefficient (Wildman–Crippen LogP) is 6.04.